The number of halogens is 3. The molecule has 0 N–H and O–H groups in total. The van der Waals surface area contributed by atoms with E-state index in [9.17, 15) is 13.2 Å². The van der Waals surface area contributed by atoms with Crippen molar-refractivity contribution in [1.82, 2.24) is 30.1 Å². The first-order valence-corrected chi connectivity index (χ1v) is 9.15. The summed E-state index contributed by atoms with van der Waals surface area (Å²) in [7, 11) is 1.51. The Bertz CT molecular complexity index is 1120. The largest absolute Gasteiger partial charge is 0.494 e. The molecule has 4 aromatic rings. The van der Waals surface area contributed by atoms with Crippen LogP contribution in [0, 0.1) is 0 Å². The lowest BCUT2D eigenvalue weighted by Gasteiger charge is -2.20. The van der Waals surface area contributed by atoms with Gasteiger partial charge in [0, 0.05) is 17.3 Å². The van der Waals surface area contributed by atoms with Crippen LogP contribution in [0.25, 0.3) is 10.7 Å². The van der Waals surface area contributed by atoms with Gasteiger partial charge in [-0.15, -0.1) is 11.3 Å². The Balaban J connectivity index is 1.61. The zero-order valence-electron chi connectivity index (χ0n) is 15.2. The highest BCUT2D eigenvalue weighted by Crippen LogP contribution is 2.33. The second-order valence-corrected chi connectivity index (χ2v) is 6.93. The molecule has 0 amide bonds. The van der Waals surface area contributed by atoms with Crippen LogP contribution in [-0.2, 0) is 12.7 Å². The van der Waals surface area contributed by atoms with Gasteiger partial charge in [0.1, 0.15) is 0 Å². The monoisotopic (exact) mass is 435 g/mol. The van der Waals surface area contributed by atoms with Crippen LogP contribution in [0.5, 0.6) is 5.75 Å². The van der Waals surface area contributed by atoms with Crippen molar-refractivity contribution < 1.29 is 22.4 Å². The van der Waals surface area contributed by atoms with E-state index >= 15 is 0 Å². The molecule has 0 spiro atoms. The fourth-order valence-corrected chi connectivity index (χ4v) is 3.34. The predicted octanol–water partition coefficient (Wildman–Crippen LogP) is 3.74. The normalized spacial score (nSPS) is 11.5. The molecule has 4 rings (SSSR count). The van der Waals surface area contributed by atoms with E-state index in [0.29, 0.717) is 28.9 Å². The molecule has 0 aliphatic heterocycles. The summed E-state index contributed by atoms with van der Waals surface area (Å²) in [6, 6.07) is 3.37. The molecule has 0 saturated heterocycles. The highest BCUT2D eigenvalue weighted by atomic mass is 32.1. The standard InChI is InChI=1S/C17H12F3N7O2S/c1-28-10-6-23-16(24-7-10)27(13-8-21-4-5-22-13)9-11-2-3-12(30-11)14-25-15(29-26-14)17(18,19)20/h2-8H,9H2,1H3. The van der Waals surface area contributed by atoms with Crippen molar-refractivity contribution in [3.8, 4) is 16.5 Å². The molecule has 13 heteroatoms. The molecular formula is C17H12F3N7O2S. The Hall–Kier alpha value is -3.61. The van der Waals surface area contributed by atoms with Crippen molar-refractivity contribution >= 4 is 23.1 Å². The molecular weight excluding hydrogens is 423 g/mol. The summed E-state index contributed by atoms with van der Waals surface area (Å²) in [4.78, 5) is 23.2. The summed E-state index contributed by atoms with van der Waals surface area (Å²) in [5.74, 6) is -0.180. The molecule has 154 valence electrons. The van der Waals surface area contributed by atoms with Crippen molar-refractivity contribution in [2.45, 2.75) is 12.7 Å². The van der Waals surface area contributed by atoms with E-state index < -0.39 is 12.1 Å². The van der Waals surface area contributed by atoms with E-state index in [1.54, 1.807) is 23.2 Å². The Morgan fingerprint density at radius 3 is 2.53 bits per heavy atom. The molecule has 0 bridgehead atoms. The lowest BCUT2D eigenvalue weighted by atomic mass is 10.4. The number of nitrogens with zero attached hydrogens (tertiary/aromatic N) is 7. The first-order chi connectivity index (χ1) is 14.4. The van der Waals surface area contributed by atoms with Gasteiger partial charge in [-0.1, -0.05) is 5.16 Å². The Morgan fingerprint density at radius 2 is 1.90 bits per heavy atom. The van der Waals surface area contributed by atoms with E-state index in [4.69, 9.17) is 4.74 Å². The highest BCUT2D eigenvalue weighted by molar-refractivity contribution is 7.15. The van der Waals surface area contributed by atoms with Gasteiger partial charge in [0.15, 0.2) is 11.6 Å². The first-order valence-electron chi connectivity index (χ1n) is 8.33. The SMILES string of the molecule is COc1cnc(N(Cc2ccc(-c3noc(C(F)(F)F)n3)s2)c2cnccn2)nc1. The number of methoxy groups -OCH3 is 1. The summed E-state index contributed by atoms with van der Waals surface area (Å²) in [5, 5.41) is 3.41. The third-order valence-electron chi connectivity index (χ3n) is 3.78. The van der Waals surface area contributed by atoms with E-state index in [2.05, 4.69) is 34.6 Å². The van der Waals surface area contributed by atoms with Gasteiger partial charge in [0.05, 0.1) is 37.1 Å². The van der Waals surface area contributed by atoms with Gasteiger partial charge in [-0.2, -0.15) is 18.2 Å². The zero-order chi connectivity index (χ0) is 21.1. The maximum atomic E-state index is 12.7. The van der Waals surface area contributed by atoms with Crippen molar-refractivity contribution in [1.29, 1.82) is 0 Å². The number of hydrogen-bond acceptors (Lipinski definition) is 10. The molecule has 30 heavy (non-hydrogen) atoms. The summed E-state index contributed by atoms with van der Waals surface area (Å²) in [5.41, 5.74) is 0. The average Bonchev–Trinajstić information content (AvgIpc) is 3.42. The van der Waals surface area contributed by atoms with Gasteiger partial charge < -0.3 is 9.26 Å². The number of thiophene rings is 1. The molecule has 0 aliphatic rings. The van der Waals surface area contributed by atoms with Gasteiger partial charge in [0.25, 0.3) is 0 Å². The lowest BCUT2D eigenvalue weighted by Crippen LogP contribution is -2.19. The van der Waals surface area contributed by atoms with Crippen molar-refractivity contribution in [3.05, 3.63) is 53.9 Å². The number of ether oxygens (including phenoxy) is 1. The molecule has 4 aromatic heterocycles. The average molecular weight is 435 g/mol. The van der Waals surface area contributed by atoms with Crippen LogP contribution in [0.15, 0.2) is 47.6 Å². The predicted molar refractivity (Wildman–Crippen MR) is 99.1 cm³/mol. The topological polar surface area (TPSA) is 103 Å². The summed E-state index contributed by atoms with van der Waals surface area (Å²) in [6.07, 6.45) is 2.96. The van der Waals surface area contributed by atoms with Gasteiger partial charge in [-0.05, 0) is 12.1 Å². The highest BCUT2D eigenvalue weighted by Gasteiger charge is 2.38. The van der Waals surface area contributed by atoms with Gasteiger partial charge in [-0.25, -0.2) is 15.0 Å². The smallest absolute Gasteiger partial charge is 0.471 e. The summed E-state index contributed by atoms with van der Waals surface area (Å²) >= 11 is 1.21. The molecule has 0 fully saturated rings. The number of rotatable bonds is 6. The number of hydrogen-bond donors (Lipinski definition) is 0. The maximum absolute atomic E-state index is 12.7. The molecule has 0 aliphatic carbocycles. The van der Waals surface area contributed by atoms with E-state index in [1.165, 1.54) is 43.2 Å². The molecule has 4 heterocycles. The van der Waals surface area contributed by atoms with Crippen LogP contribution in [-0.4, -0.2) is 37.2 Å². The molecule has 0 aromatic carbocycles. The fraction of sp³-hybridized carbons (Fsp3) is 0.176. The molecule has 0 radical (unpaired) electrons. The van der Waals surface area contributed by atoms with Gasteiger partial charge in [0.2, 0.25) is 11.8 Å². The Labute approximate surface area is 171 Å². The quantitative estimate of drug-likeness (QED) is 0.448. The number of aromatic nitrogens is 6. The maximum Gasteiger partial charge on any atom is 0.471 e. The molecule has 0 unspecified atom stereocenters. The number of alkyl halides is 3. The van der Waals surface area contributed by atoms with E-state index in [0.717, 1.165) is 4.88 Å². The Morgan fingerprint density at radius 1 is 1.10 bits per heavy atom. The lowest BCUT2D eigenvalue weighted by molar-refractivity contribution is -0.159. The van der Waals surface area contributed by atoms with Crippen molar-refractivity contribution in [2.24, 2.45) is 0 Å². The van der Waals surface area contributed by atoms with Gasteiger partial charge in [-0.3, -0.25) is 9.88 Å². The van der Waals surface area contributed by atoms with E-state index in [-0.39, 0.29) is 5.82 Å². The number of anilines is 2. The third kappa shape index (κ3) is 4.20. The van der Waals surface area contributed by atoms with Crippen LogP contribution in [0.2, 0.25) is 0 Å². The summed E-state index contributed by atoms with van der Waals surface area (Å²) < 4.78 is 47.4. The van der Waals surface area contributed by atoms with Crippen LogP contribution >= 0.6 is 11.3 Å². The molecule has 0 atom stereocenters. The zero-order valence-corrected chi connectivity index (χ0v) is 16.1. The summed E-state index contributed by atoms with van der Waals surface area (Å²) in [6.45, 7) is 0.291. The third-order valence-corrected chi connectivity index (χ3v) is 4.85. The van der Waals surface area contributed by atoms with Crippen LogP contribution in [0.4, 0.5) is 24.9 Å². The van der Waals surface area contributed by atoms with Crippen molar-refractivity contribution in [2.75, 3.05) is 12.0 Å². The molecule has 0 saturated carbocycles. The fourth-order valence-electron chi connectivity index (χ4n) is 2.42. The Kier molecular flexibility index (Phi) is 5.27. The second kappa shape index (κ2) is 8.02. The second-order valence-electron chi connectivity index (χ2n) is 5.76. The first kappa shape index (κ1) is 19.7. The van der Waals surface area contributed by atoms with Crippen LogP contribution in [0.3, 0.4) is 0 Å². The molecule has 9 nitrogen and oxygen atoms in total. The van der Waals surface area contributed by atoms with Crippen molar-refractivity contribution in [3.63, 3.8) is 0 Å². The minimum absolute atomic E-state index is 0.134. The van der Waals surface area contributed by atoms with E-state index in [1.807, 2.05) is 0 Å². The van der Waals surface area contributed by atoms with Crippen LogP contribution < -0.4 is 9.64 Å². The van der Waals surface area contributed by atoms with Crippen LogP contribution in [0.1, 0.15) is 10.8 Å². The minimum Gasteiger partial charge on any atom is -0.494 e. The van der Waals surface area contributed by atoms with Gasteiger partial charge >= 0.3 is 12.1 Å². The minimum atomic E-state index is -4.69.